The van der Waals surface area contributed by atoms with E-state index in [1.54, 1.807) is 0 Å². The molecule has 31 heavy (non-hydrogen) atoms. The maximum Gasteiger partial charge on any atom is 0.227 e. The lowest BCUT2D eigenvalue weighted by molar-refractivity contribution is -0.138. The first kappa shape index (κ1) is 22.3. The molecule has 170 valence electrons. The SMILES string of the molecule is Cc1ccc(NC(=O)C2CCN(C3CCN(C(=O)C4CCCCC4)CC3)CC2)cc1C. The molecule has 3 aliphatic rings. The highest BCUT2D eigenvalue weighted by molar-refractivity contribution is 5.92. The fourth-order valence-corrected chi connectivity index (χ4v) is 5.65. The minimum Gasteiger partial charge on any atom is -0.342 e. The molecule has 3 fully saturated rings. The predicted molar refractivity (Wildman–Crippen MR) is 125 cm³/mol. The largest absolute Gasteiger partial charge is 0.342 e. The number of piperidine rings is 2. The molecule has 0 radical (unpaired) electrons. The van der Waals surface area contributed by atoms with Crippen LogP contribution in [0.3, 0.4) is 0 Å². The number of carbonyl (C=O) groups is 2. The summed E-state index contributed by atoms with van der Waals surface area (Å²) in [7, 11) is 0. The molecule has 0 spiro atoms. The lowest BCUT2D eigenvalue weighted by atomic mass is 9.87. The summed E-state index contributed by atoms with van der Waals surface area (Å²) in [5.74, 6) is 0.971. The quantitative estimate of drug-likeness (QED) is 0.771. The molecule has 0 atom stereocenters. The van der Waals surface area contributed by atoms with E-state index < -0.39 is 0 Å². The zero-order valence-corrected chi connectivity index (χ0v) is 19.4. The van der Waals surface area contributed by atoms with Crippen molar-refractivity contribution < 1.29 is 9.59 Å². The first-order valence-electron chi connectivity index (χ1n) is 12.4. The van der Waals surface area contributed by atoms with Crippen molar-refractivity contribution in [2.24, 2.45) is 11.8 Å². The van der Waals surface area contributed by atoms with E-state index in [9.17, 15) is 9.59 Å². The van der Waals surface area contributed by atoms with Crippen molar-refractivity contribution in [3.8, 4) is 0 Å². The number of amides is 2. The highest BCUT2D eigenvalue weighted by Crippen LogP contribution is 2.29. The molecule has 0 aromatic heterocycles. The van der Waals surface area contributed by atoms with Crippen molar-refractivity contribution in [1.82, 2.24) is 9.80 Å². The van der Waals surface area contributed by atoms with Gasteiger partial charge in [-0.2, -0.15) is 0 Å². The van der Waals surface area contributed by atoms with Crippen LogP contribution in [0, 0.1) is 25.7 Å². The number of anilines is 1. The molecule has 2 heterocycles. The molecule has 5 nitrogen and oxygen atoms in total. The number of likely N-dealkylation sites (tertiary alicyclic amines) is 2. The average molecular weight is 426 g/mol. The Morgan fingerprint density at radius 2 is 1.48 bits per heavy atom. The Morgan fingerprint density at radius 1 is 0.806 bits per heavy atom. The van der Waals surface area contributed by atoms with Gasteiger partial charge in [0.1, 0.15) is 0 Å². The van der Waals surface area contributed by atoms with Crippen molar-refractivity contribution in [2.75, 3.05) is 31.5 Å². The standard InChI is InChI=1S/C26H39N3O2/c1-19-8-9-23(18-20(19)2)27-25(30)21-10-14-28(15-11-21)24-12-16-29(17-13-24)26(31)22-6-4-3-5-7-22/h8-9,18,21-22,24H,3-7,10-17H2,1-2H3,(H,27,30). The molecule has 2 aliphatic heterocycles. The van der Waals surface area contributed by atoms with Crippen molar-refractivity contribution >= 4 is 17.5 Å². The van der Waals surface area contributed by atoms with Gasteiger partial charge in [0.2, 0.25) is 11.8 Å². The van der Waals surface area contributed by atoms with Crippen LogP contribution in [-0.4, -0.2) is 53.8 Å². The van der Waals surface area contributed by atoms with Crippen LogP contribution in [0.15, 0.2) is 18.2 Å². The lowest BCUT2D eigenvalue weighted by Gasteiger charge is -2.42. The highest BCUT2D eigenvalue weighted by atomic mass is 16.2. The van der Waals surface area contributed by atoms with Crippen LogP contribution < -0.4 is 5.32 Å². The molecule has 0 bridgehead atoms. The number of carbonyl (C=O) groups excluding carboxylic acids is 2. The Bertz CT molecular complexity index is 771. The van der Waals surface area contributed by atoms with E-state index in [2.05, 4.69) is 41.1 Å². The zero-order valence-electron chi connectivity index (χ0n) is 19.4. The fraction of sp³-hybridized carbons (Fsp3) is 0.692. The first-order valence-corrected chi connectivity index (χ1v) is 12.4. The van der Waals surface area contributed by atoms with E-state index in [1.807, 2.05) is 6.07 Å². The van der Waals surface area contributed by atoms with Gasteiger partial charge in [-0.3, -0.25) is 9.59 Å². The first-order chi connectivity index (χ1) is 15.0. The summed E-state index contributed by atoms with van der Waals surface area (Å²) >= 11 is 0. The van der Waals surface area contributed by atoms with Gasteiger partial charge in [-0.1, -0.05) is 25.3 Å². The molecular weight excluding hydrogens is 386 g/mol. The van der Waals surface area contributed by atoms with Gasteiger partial charge in [-0.25, -0.2) is 0 Å². The van der Waals surface area contributed by atoms with Gasteiger partial charge >= 0.3 is 0 Å². The summed E-state index contributed by atoms with van der Waals surface area (Å²) in [5.41, 5.74) is 3.37. The Hall–Kier alpha value is -1.88. The summed E-state index contributed by atoms with van der Waals surface area (Å²) in [6, 6.07) is 6.70. The third kappa shape index (κ3) is 5.49. The normalized spacial score (nSPS) is 22.5. The van der Waals surface area contributed by atoms with Gasteiger partial charge in [-0.05, 0) is 88.7 Å². The van der Waals surface area contributed by atoms with Crippen molar-refractivity contribution in [2.45, 2.75) is 77.7 Å². The van der Waals surface area contributed by atoms with Gasteiger partial charge in [0.25, 0.3) is 0 Å². The van der Waals surface area contributed by atoms with Gasteiger partial charge in [0.05, 0.1) is 0 Å². The molecule has 1 N–H and O–H groups in total. The zero-order chi connectivity index (χ0) is 21.8. The molecule has 4 rings (SSSR count). The minimum absolute atomic E-state index is 0.103. The Morgan fingerprint density at radius 3 is 2.13 bits per heavy atom. The molecule has 2 amide bonds. The molecule has 1 aromatic carbocycles. The topological polar surface area (TPSA) is 52.7 Å². The number of nitrogens with one attached hydrogen (secondary N) is 1. The third-order valence-electron chi connectivity index (χ3n) is 7.92. The van der Waals surface area contributed by atoms with E-state index in [0.29, 0.717) is 11.9 Å². The summed E-state index contributed by atoms with van der Waals surface area (Å²) < 4.78 is 0. The fourth-order valence-electron chi connectivity index (χ4n) is 5.65. The molecule has 2 saturated heterocycles. The summed E-state index contributed by atoms with van der Waals surface area (Å²) in [6.07, 6.45) is 9.95. The van der Waals surface area contributed by atoms with Crippen molar-refractivity contribution in [3.63, 3.8) is 0 Å². The molecule has 5 heteroatoms. The van der Waals surface area contributed by atoms with Crippen LogP contribution in [0.5, 0.6) is 0 Å². The Balaban J connectivity index is 1.21. The monoisotopic (exact) mass is 425 g/mol. The molecule has 1 aliphatic carbocycles. The maximum absolute atomic E-state index is 12.8. The number of aryl methyl sites for hydroxylation is 2. The smallest absolute Gasteiger partial charge is 0.227 e. The Kier molecular flexibility index (Phi) is 7.31. The highest BCUT2D eigenvalue weighted by Gasteiger charge is 2.33. The van der Waals surface area contributed by atoms with E-state index in [-0.39, 0.29) is 17.7 Å². The second-order valence-corrected chi connectivity index (χ2v) is 9.99. The summed E-state index contributed by atoms with van der Waals surface area (Å²) in [6.45, 7) is 7.98. The third-order valence-corrected chi connectivity index (χ3v) is 7.92. The van der Waals surface area contributed by atoms with Crippen LogP contribution in [0.2, 0.25) is 0 Å². The van der Waals surface area contributed by atoms with E-state index in [1.165, 1.54) is 30.4 Å². The van der Waals surface area contributed by atoms with Crippen LogP contribution in [0.1, 0.15) is 68.9 Å². The molecule has 1 aromatic rings. The summed E-state index contributed by atoms with van der Waals surface area (Å²) in [4.78, 5) is 30.3. The second-order valence-electron chi connectivity index (χ2n) is 9.99. The van der Waals surface area contributed by atoms with Crippen LogP contribution in [-0.2, 0) is 9.59 Å². The van der Waals surface area contributed by atoms with E-state index in [0.717, 1.165) is 70.4 Å². The van der Waals surface area contributed by atoms with Crippen molar-refractivity contribution in [1.29, 1.82) is 0 Å². The number of hydrogen-bond donors (Lipinski definition) is 1. The van der Waals surface area contributed by atoms with Crippen LogP contribution in [0.25, 0.3) is 0 Å². The van der Waals surface area contributed by atoms with Gasteiger partial charge in [0, 0.05) is 36.7 Å². The molecule has 1 saturated carbocycles. The summed E-state index contributed by atoms with van der Waals surface area (Å²) in [5, 5.41) is 3.12. The molecular formula is C26H39N3O2. The van der Waals surface area contributed by atoms with Gasteiger partial charge in [0.15, 0.2) is 0 Å². The van der Waals surface area contributed by atoms with E-state index >= 15 is 0 Å². The van der Waals surface area contributed by atoms with Crippen LogP contribution >= 0.6 is 0 Å². The van der Waals surface area contributed by atoms with E-state index in [4.69, 9.17) is 0 Å². The number of hydrogen-bond acceptors (Lipinski definition) is 3. The number of benzene rings is 1. The maximum atomic E-state index is 12.8. The number of rotatable bonds is 4. The second kappa shape index (κ2) is 10.2. The Labute approximate surface area is 187 Å². The van der Waals surface area contributed by atoms with Gasteiger partial charge in [-0.15, -0.1) is 0 Å². The lowest BCUT2D eigenvalue weighted by Crippen LogP contribution is -2.50. The van der Waals surface area contributed by atoms with Gasteiger partial charge < -0.3 is 15.1 Å². The minimum atomic E-state index is 0.103. The van der Waals surface area contributed by atoms with Crippen molar-refractivity contribution in [3.05, 3.63) is 29.3 Å². The van der Waals surface area contributed by atoms with Crippen LogP contribution in [0.4, 0.5) is 5.69 Å². The average Bonchev–Trinajstić information content (AvgIpc) is 2.82. The predicted octanol–water partition coefficient (Wildman–Crippen LogP) is 4.53. The number of nitrogens with zero attached hydrogens (tertiary/aromatic N) is 2. The molecule has 0 unspecified atom stereocenters.